The second kappa shape index (κ2) is 8.00. The molecule has 0 spiro atoms. The number of hydrogen-bond donors (Lipinski definition) is 2. The number of nitrogens with zero attached hydrogens (tertiary/aromatic N) is 1. The highest BCUT2D eigenvalue weighted by atomic mass is 16.2. The summed E-state index contributed by atoms with van der Waals surface area (Å²) >= 11 is 0. The number of amides is 2. The number of quaternary nitrogens is 1. The van der Waals surface area contributed by atoms with Crippen LogP contribution in [0.3, 0.4) is 0 Å². The minimum atomic E-state index is -0.244. The average Bonchev–Trinajstić information content (AvgIpc) is 2.58. The summed E-state index contributed by atoms with van der Waals surface area (Å²) < 4.78 is 0. The molecule has 0 bridgehead atoms. The fraction of sp³-hybridized carbons (Fsp3) is 0.600. The third-order valence-electron chi connectivity index (χ3n) is 5.27. The number of nitrogens with one attached hydrogen (secondary N) is 1. The van der Waals surface area contributed by atoms with Crippen LogP contribution in [0.5, 0.6) is 0 Å². The fourth-order valence-electron chi connectivity index (χ4n) is 3.53. The molecule has 2 rings (SSSR count). The van der Waals surface area contributed by atoms with Crippen molar-refractivity contribution in [1.29, 1.82) is 0 Å². The van der Waals surface area contributed by atoms with Crippen LogP contribution in [-0.4, -0.2) is 41.4 Å². The quantitative estimate of drug-likeness (QED) is 0.835. The first kappa shape index (κ1) is 19.4. The summed E-state index contributed by atoms with van der Waals surface area (Å²) in [6.45, 7) is 10.5. The van der Waals surface area contributed by atoms with Gasteiger partial charge in [-0.3, -0.25) is 9.59 Å². The maximum Gasteiger partial charge on any atom is 0.281 e. The van der Waals surface area contributed by atoms with Crippen LogP contribution in [0.25, 0.3) is 0 Å². The van der Waals surface area contributed by atoms with Crippen LogP contribution in [0.1, 0.15) is 46.1 Å². The van der Waals surface area contributed by atoms with Gasteiger partial charge < -0.3 is 15.5 Å². The first-order valence-electron chi connectivity index (χ1n) is 9.19. The van der Waals surface area contributed by atoms with Crippen molar-refractivity contribution >= 4 is 11.8 Å². The zero-order valence-electron chi connectivity index (χ0n) is 15.9. The van der Waals surface area contributed by atoms with E-state index in [4.69, 9.17) is 5.73 Å². The van der Waals surface area contributed by atoms with Gasteiger partial charge in [-0.15, -0.1) is 0 Å². The molecule has 25 heavy (non-hydrogen) atoms. The van der Waals surface area contributed by atoms with Crippen LogP contribution < -0.4 is 10.6 Å². The van der Waals surface area contributed by atoms with E-state index < -0.39 is 0 Å². The third kappa shape index (κ3) is 5.05. The Labute approximate surface area is 151 Å². The van der Waals surface area contributed by atoms with Crippen molar-refractivity contribution in [2.24, 2.45) is 11.7 Å². The first-order chi connectivity index (χ1) is 11.7. The van der Waals surface area contributed by atoms with Gasteiger partial charge in [-0.25, -0.2) is 0 Å². The van der Waals surface area contributed by atoms with Crippen molar-refractivity contribution in [1.82, 2.24) is 4.90 Å². The van der Waals surface area contributed by atoms with Gasteiger partial charge in [0.05, 0.1) is 13.1 Å². The summed E-state index contributed by atoms with van der Waals surface area (Å²) in [5.74, 6) is -0.0728. The van der Waals surface area contributed by atoms with Crippen molar-refractivity contribution in [3.63, 3.8) is 0 Å². The number of benzene rings is 1. The van der Waals surface area contributed by atoms with E-state index in [2.05, 4.69) is 32.9 Å². The van der Waals surface area contributed by atoms with Gasteiger partial charge in [-0.2, -0.15) is 0 Å². The number of nitrogens with two attached hydrogens (primary N) is 1. The van der Waals surface area contributed by atoms with E-state index in [0.717, 1.165) is 31.5 Å². The summed E-state index contributed by atoms with van der Waals surface area (Å²) in [7, 11) is 0. The molecule has 1 aliphatic rings. The lowest BCUT2D eigenvalue weighted by Gasteiger charge is -2.40. The highest BCUT2D eigenvalue weighted by molar-refractivity contribution is 5.81. The zero-order valence-corrected chi connectivity index (χ0v) is 15.9. The number of rotatable bonds is 5. The molecule has 1 saturated heterocycles. The van der Waals surface area contributed by atoms with Gasteiger partial charge >= 0.3 is 0 Å². The number of primary amides is 1. The summed E-state index contributed by atoms with van der Waals surface area (Å²) in [4.78, 5) is 27.8. The van der Waals surface area contributed by atoms with E-state index in [0.29, 0.717) is 6.54 Å². The van der Waals surface area contributed by atoms with Gasteiger partial charge in [-0.05, 0) is 33.3 Å². The van der Waals surface area contributed by atoms with E-state index in [-0.39, 0.29) is 29.3 Å². The number of carbonyl (C=O) groups excluding carboxylic acids is 2. The standard InChI is InChI=1S/C20H31N3O2/c1-15(22-12-10-17(11-13-22)18(21)24)19(25)23(20(2,3)4)14-16-8-6-5-7-9-16/h5-9,15,17H,10-14H2,1-4H3,(H2,21,24)/p+1/t15-/m1/s1. The monoisotopic (exact) mass is 346 g/mol. The first-order valence-corrected chi connectivity index (χ1v) is 9.19. The Morgan fingerprint density at radius 1 is 1.20 bits per heavy atom. The highest BCUT2D eigenvalue weighted by Gasteiger charge is 2.37. The SMILES string of the molecule is C[C@H](C(=O)N(Cc1ccccc1)C(C)(C)C)[NH+]1CCC(C(N)=O)CC1. The Bertz CT molecular complexity index is 587. The van der Waals surface area contributed by atoms with Gasteiger partial charge in [0.15, 0.2) is 6.04 Å². The molecule has 0 aliphatic carbocycles. The van der Waals surface area contributed by atoms with E-state index in [1.54, 1.807) is 0 Å². The summed E-state index contributed by atoms with van der Waals surface area (Å²) in [6, 6.07) is 10.00. The Morgan fingerprint density at radius 2 is 1.76 bits per heavy atom. The van der Waals surface area contributed by atoms with Crippen molar-refractivity contribution < 1.29 is 14.5 Å². The van der Waals surface area contributed by atoms with Crippen molar-refractivity contribution in [2.45, 2.75) is 58.7 Å². The molecule has 1 aromatic rings. The van der Waals surface area contributed by atoms with E-state index in [1.165, 1.54) is 4.90 Å². The Kier molecular flexibility index (Phi) is 6.22. The van der Waals surface area contributed by atoms with E-state index in [1.807, 2.05) is 30.0 Å². The molecule has 3 N–H and O–H groups in total. The molecule has 5 heteroatoms. The van der Waals surface area contributed by atoms with Gasteiger partial charge in [0.2, 0.25) is 5.91 Å². The molecule has 138 valence electrons. The van der Waals surface area contributed by atoms with Crippen LogP contribution >= 0.6 is 0 Å². The Hall–Kier alpha value is -1.88. The van der Waals surface area contributed by atoms with Crippen LogP contribution in [0.4, 0.5) is 0 Å². The predicted octanol–water partition coefficient (Wildman–Crippen LogP) is 0.982. The third-order valence-corrected chi connectivity index (χ3v) is 5.27. The van der Waals surface area contributed by atoms with Crippen LogP contribution in [0.15, 0.2) is 30.3 Å². The Morgan fingerprint density at radius 3 is 2.24 bits per heavy atom. The zero-order chi connectivity index (χ0) is 18.6. The lowest BCUT2D eigenvalue weighted by Crippen LogP contribution is -3.17. The molecule has 1 heterocycles. The molecule has 1 aliphatic heterocycles. The fourth-order valence-corrected chi connectivity index (χ4v) is 3.53. The van der Waals surface area contributed by atoms with Crippen LogP contribution in [0.2, 0.25) is 0 Å². The molecule has 0 radical (unpaired) electrons. The summed E-state index contributed by atoms with van der Waals surface area (Å²) in [5, 5.41) is 0. The molecular formula is C20H32N3O2+. The average molecular weight is 346 g/mol. The second-order valence-electron chi connectivity index (χ2n) is 8.14. The number of piperidine rings is 1. The normalized spacial score (nSPS) is 22.2. The maximum absolute atomic E-state index is 13.2. The molecule has 0 aromatic heterocycles. The Balaban J connectivity index is 2.07. The largest absolute Gasteiger partial charge is 0.369 e. The predicted molar refractivity (Wildman–Crippen MR) is 98.8 cm³/mol. The molecular weight excluding hydrogens is 314 g/mol. The van der Waals surface area contributed by atoms with E-state index in [9.17, 15) is 9.59 Å². The van der Waals surface area contributed by atoms with Gasteiger partial charge in [0.1, 0.15) is 0 Å². The van der Waals surface area contributed by atoms with Gasteiger partial charge in [0, 0.05) is 30.8 Å². The van der Waals surface area contributed by atoms with Crippen molar-refractivity contribution in [3.05, 3.63) is 35.9 Å². The van der Waals surface area contributed by atoms with Crippen LogP contribution in [0, 0.1) is 5.92 Å². The minimum absolute atomic E-state index is 0.0333. The van der Waals surface area contributed by atoms with Crippen molar-refractivity contribution in [2.75, 3.05) is 13.1 Å². The van der Waals surface area contributed by atoms with E-state index >= 15 is 0 Å². The molecule has 5 nitrogen and oxygen atoms in total. The smallest absolute Gasteiger partial charge is 0.281 e. The van der Waals surface area contributed by atoms with Gasteiger partial charge in [0.25, 0.3) is 5.91 Å². The van der Waals surface area contributed by atoms with Crippen LogP contribution in [-0.2, 0) is 16.1 Å². The molecule has 0 saturated carbocycles. The molecule has 1 atom stereocenters. The lowest BCUT2D eigenvalue weighted by molar-refractivity contribution is -0.920. The second-order valence-corrected chi connectivity index (χ2v) is 8.14. The summed E-state index contributed by atoms with van der Waals surface area (Å²) in [6.07, 6.45) is 1.55. The molecule has 1 aromatic carbocycles. The topological polar surface area (TPSA) is 67.8 Å². The minimum Gasteiger partial charge on any atom is -0.369 e. The molecule has 2 amide bonds. The molecule has 1 fully saturated rings. The lowest BCUT2D eigenvalue weighted by atomic mass is 9.95. The number of hydrogen-bond acceptors (Lipinski definition) is 2. The maximum atomic E-state index is 13.2. The molecule has 0 unspecified atom stereocenters. The highest BCUT2D eigenvalue weighted by Crippen LogP contribution is 2.19. The van der Waals surface area contributed by atoms with Gasteiger partial charge in [-0.1, -0.05) is 30.3 Å². The van der Waals surface area contributed by atoms with Crippen molar-refractivity contribution in [3.8, 4) is 0 Å². The number of carbonyl (C=O) groups is 2. The summed E-state index contributed by atoms with van der Waals surface area (Å²) in [5.41, 5.74) is 6.31. The number of likely N-dealkylation sites (tertiary alicyclic amines) is 1.